The molecule has 0 aliphatic carbocycles. The van der Waals surface area contributed by atoms with E-state index in [0.29, 0.717) is 12.4 Å². The number of anilines is 2. The number of rotatable bonds is 9. The van der Waals surface area contributed by atoms with Crippen LogP contribution < -0.4 is 16.4 Å². The van der Waals surface area contributed by atoms with Crippen molar-refractivity contribution >= 4 is 22.8 Å². The van der Waals surface area contributed by atoms with Crippen LogP contribution in [0.25, 0.3) is 11.0 Å². The second kappa shape index (κ2) is 8.45. The first-order chi connectivity index (χ1) is 10.7. The number of aromatic nitrogens is 3. The third kappa shape index (κ3) is 4.51. The maximum Gasteiger partial charge on any atom is 0.222 e. The highest BCUT2D eigenvalue weighted by Gasteiger charge is 2.13. The van der Waals surface area contributed by atoms with Crippen molar-refractivity contribution < 1.29 is 5.11 Å². The Morgan fingerprint density at radius 1 is 1.36 bits per heavy atom. The van der Waals surface area contributed by atoms with Crippen LogP contribution in [0, 0.1) is 0 Å². The summed E-state index contributed by atoms with van der Waals surface area (Å²) in [4.78, 5) is 12.8. The number of nitrogens with two attached hydrogens (primary N) is 1. The number of hydrogen-bond acceptors (Lipinski definition) is 7. The Morgan fingerprint density at radius 3 is 3.00 bits per heavy atom. The van der Waals surface area contributed by atoms with Gasteiger partial charge in [-0.15, -0.1) is 0 Å². The lowest BCUT2D eigenvalue weighted by Crippen LogP contribution is -2.34. The quantitative estimate of drug-likeness (QED) is 0.515. The van der Waals surface area contributed by atoms with Crippen molar-refractivity contribution in [1.82, 2.24) is 20.3 Å². The van der Waals surface area contributed by atoms with Gasteiger partial charge in [-0.25, -0.2) is 4.98 Å². The molecule has 0 radical (unpaired) electrons. The Labute approximate surface area is 130 Å². The summed E-state index contributed by atoms with van der Waals surface area (Å²) in [6, 6.07) is 3.90. The van der Waals surface area contributed by atoms with E-state index in [1.807, 2.05) is 12.1 Å². The zero-order valence-corrected chi connectivity index (χ0v) is 12.9. The van der Waals surface area contributed by atoms with Crippen LogP contribution in [0.4, 0.5) is 11.8 Å². The van der Waals surface area contributed by atoms with Gasteiger partial charge in [-0.1, -0.05) is 19.8 Å². The SMILES string of the molecule is CCCC[C@H](CNCCO)Nc1nc(N)nc2cccnc12. The molecule has 7 nitrogen and oxygen atoms in total. The van der Waals surface area contributed by atoms with Gasteiger partial charge in [-0.2, -0.15) is 4.98 Å². The molecule has 0 bridgehead atoms. The molecule has 7 heteroatoms. The molecule has 0 aliphatic heterocycles. The lowest BCUT2D eigenvalue weighted by molar-refractivity contribution is 0.291. The van der Waals surface area contributed by atoms with Crippen LogP contribution in [0.3, 0.4) is 0 Å². The molecule has 2 aromatic rings. The highest BCUT2D eigenvalue weighted by atomic mass is 16.3. The molecule has 2 rings (SSSR count). The number of nitrogens with zero attached hydrogens (tertiary/aromatic N) is 3. The molecule has 0 fully saturated rings. The molecule has 0 spiro atoms. The normalized spacial score (nSPS) is 12.5. The van der Waals surface area contributed by atoms with Gasteiger partial charge in [0.15, 0.2) is 5.82 Å². The molecule has 0 aliphatic rings. The van der Waals surface area contributed by atoms with Crippen molar-refractivity contribution in [3.63, 3.8) is 0 Å². The van der Waals surface area contributed by atoms with Crippen molar-refractivity contribution in [3.05, 3.63) is 18.3 Å². The largest absolute Gasteiger partial charge is 0.395 e. The van der Waals surface area contributed by atoms with Crippen molar-refractivity contribution in [3.8, 4) is 0 Å². The summed E-state index contributed by atoms with van der Waals surface area (Å²) in [7, 11) is 0. The van der Waals surface area contributed by atoms with Gasteiger partial charge < -0.3 is 21.5 Å². The molecule has 22 heavy (non-hydrogen) atoms. The fourth-order valence-corrected chi connectivity index (χ4v) is 2.31. The molecule has 0 saturated heterocycles. The number of unbranched alkanes of at least 4 members (excludes halogenated alkanes) is 1. The topological polar surface area (TPSA) is 109 Å². The van der Waals surface area contributed by atoms with Crippen LogP contribution in [0.1, 0.15) is 26.2 Å². The summed E-state index contributed by atoms with van der Waals surface area (Å²) in [5, 5.41) is 15.5. The molecule has 0 amide bonds. The van der Waals surface area contributed by atoms with Gasteiger partial charge in [0, 0.05) is 25.3 Å². The summed E-state index contributed by atoms with van der Waals surface area (Å²) in [6.45, 7) is 3.62. The van der Waals surface area contributed by atoms with Crippen LogP contribution in [0.2, 0.25) is 0 Å². The molecule has 0 saturated carbocycles. The third-order valence-electron chi connectivity index (χ3n) is 3.40. The van der Waals surface area contributed by atoms with E-state index in [1.54, 1.807) is 6.20 Å². The molecule has 2 aromatic heterocycles. The number of aliphatic hydroxyl groups excluding tert-OH is 1. The van der Waals surface area contributed by atoms with Gasteiger partial charge in [0.2, 0.25) is 5.95 Å². The van der Waals surface area contributed by atoms with E-state index in [4.69, 9.17) is 10.8 Å². The first-order valence-corrected chi connectivity index (χ1v) is 7.71. The van der Waals surface area contributed by atoms with Gasteiger partial charge in [-0.3, -0.25) is 4.98 Å². The number of nitrogen functional groups attached to an aromatic ring is 1. The van der Waals surface area contributed by atoms with Gasteiger partial charge in [0.1, 0.15) is 5.52 Å². The van der Waals surface area contributed by atoms with E-state index in [1.165, 1.54) is 0 Å². The average molecular weight is 304 g/mol. The maximum atomic E-state index is 8.89. The molecule has 120 valence electrons. The van der Waals surface area contributed by atoms with Crippen LogP contribution in [0.5, 0.6) is 0 Å². The Kier molecular flexibility index (Phi) is 6.29. The number of aliphatic hydroxyl groups is 1. The Morgan fingerprint density at radius 2 is 2.23 bits per heavy atom. The van der Waals surface area contributed by atoms with E-state index < -0.39 is 0 Å². The van der Waals surface area contributed by atoms with E-state index in [9.17, 15) is 0 Å². The first kappa shape index (κ1) is 16.4. The Bertz CT molecular complexity index is 591. The Hall–Kier alpha value is -1.99. The fraction of sp³-hybridized carbons (Fsp3) is 0.533. The second-order valence-corrected chi connectivity index (χ2v) is 5.21. The molecule has 1 atom stereocenters. The molecule has 2 heterocycles. The summed E-state index contributed by atoms with van der Waals surface area (Å²) < 4.78 is 0. The van der Waals surface area contributed by atoms with E-state index >= 15 is 0 Å². The van der Waals surface area contributed by atoms with Crippen LogP contribution in [-0.2, 0) is 0 Å². The van der Waals surface area contributed by atoms with Crippen LogP contribution in [0.15, 0.2) is 18.3 Å². The van der Waals surface area contributed by atoms with Crippen LogP contribution >= 0.6 is 0 Å². The summed E-state index contributed by atoms with van der Waals surface area (Å²) in [5.41, 5.74) is 7.24. The number of pyridine rings is 1. The highest BCUT2D eigenvalue weighted by Crippen LogP contribution is 2.20. The summed E-state index contributed by atoms with van der Waals surface area (Å²) >= 11 is 0. The number of nitrogens with one attached hydrogen (secondary N) is 2. The fourth-order valence-electron chi connectivity index (χ4n) is 2.31. The molecular formula is C15H24N6O. The lowest BCUT2D eigenvalue weighted by atomic mass is 10.1. The van der Waals surface area contributed by atoms with Gasteiger partial charge in [0.05, 0.1) is 12.1 Å². The Balaban J connectivity index is 2.17. The maximum absolute atomic E-state index is 8.89. The van der Waals surface area contributed by atoms with Crippen molar-refractivity contribution in [2.45, 2.75) is 32.2 Å². The number of hydrogen-bond donors (Lipinski definition) is 4. The van der Waals surface area contributed by atoms with Crippen molar-refractivity contribution in [1.29, 1.82) is 0 Å². The third-order valence-corrected chi connectivity index (χ3v) is 3.40. The molecular weight excluding hydrogens is 280 g/mol. The molecule has 0 aromatic carbocycles. The predicted molar refractivity (Wildman–Crippen MR) is 88.6 cm³/mol. The summed E-state index contributed by atoms with van der Waals surface area (Å²) in [5.74, 6) is 0.899. The van der Waals surface area contributed by atoms with Gasteiger partial charge in [-0.05, 0) is 18.6 Å². The van der Waals surface area contributed by atoms with E-state index in [2.05, 4.69) is 32.5 Å². The first-order valence-electron chi connectivity index (χ1n) is 7.71. The minimum Gasteiger partial charge on any atom is -0.395 e. The molecule has 5 N–H and O–H groups in total. The minimum atomic E-state index is 0.130. The zero-order valence-electron chi connectivity index (χ0n) is 12.9. The second-order valence-electron chi connectivity index (χ2n) is 5.21. The monoisotopic (exact) mass is 304 g/mol. The van der Waals surface area contributed by atoms with Crippen LogP contribution in [-0.4, -0.2) is 45.8 Å². The summed E-state index contributed by atoms with van der Waals surface area (Å²) in [6.07, 6.45) is 4.97. The number of fused-ring (bicyclic) bond motifs is 1. The van der Waals surface area contributed by atoms with Crippen molar-refractivity contribution in [2.75, 3.05) is 30.7 Å². The average Bonchev–Trinajstić information content (AvgIpc) is 2.52. The zero-order chi connectivity index (χ0) is 15.8. The smallest absolute Gasteiger partial charge is 0.222 e. The predicted octanol–water partition coefficient (Wildman–Crippen LogP) is 1.16. The standard InChI is InChI=1S/C15H24N6O/c1-2-3-5-11(10-17-8-9-22)19-14-13-12(6-4-7-18-13)20-15(16)21-14/h4,6-7,11,17,22H,2-3,5,8-10H2,1H3,(H3,16,19,20,21)/t11-/m1/s1. The van der Waals surface area contributed by atoms with E-state index in [0.717, 1.165) is 36.8 Å². The van der Waals surface area contributed by atoms with Gasteiger partial charge in [0.25, 0.3) is 0 Å². The van der Waals surface area contributed by atoms with E-state index in [-0.39, 0.29) is 18.6 Å². The van der Waals surface area contributed by atoms with Gasteiger partial charge >= 0.3 is 0 Å². The van der Waals surface area contributed by atoms with Crippen molar-refractivity contribution in [2.24, 2.45) is 0 Å². The highest BCUT2D eigenvalue weighted by molar-refractivity contribution is 5.85. The minimum absolute atomic E-state index is 0.130. The lowest BCUT2D eigenvalue weighted by Gasteiger charge is -2.20. The molecule has 0 unspecified atom stereocenters.